The molecular weight excluding hydrogens is 190 g/mol. The van der Waals surface area contributed by atoms with Gasteiger partial charge < -0.3 is 4.79 Å². The van der Waals surface area contributed by atoms with E-state index in [9.17, 15) is 9.59 Å². The van der Waals surface area contributed by atoms with Crippen LogP contribution in [0.4, 0.5) is 0 Å². The van der Waals surface area contributed by atoms with E-state index in [1.54, 1.807) is 6.92 Å². The Kier molecular flexibility index (Phi) is 6.41. The highest BCUT2D eigenvalue weighted by Crippen LogP contribution is 2.16. The molecule has 3 heteroatoms. The van der Waals surface area contributed by atoms with Crippen LogP contribution in [0.2, 0.25) is 0 Å². The van der Waals surface area contributed by atoms with Gasteiger partial charge in [-0.25, -0.2) is 0 Å². The predicted octanol–water partition coefficient (Wildman–Crippen LogP) is 2.04. The van der Waals surface area contributed by atoms with Gasteiger partial charge in [-0.05, 0) is 34.6 Å². The van der Waals surface area contributed by atoms with E-state index >= 15 is 0 Å². The predicted molar refractivity (Wildman–Crippen MR) is 61.9 cm³/mol. The highest BCUT2D eigenvalue weighted by Gasteiger charge is 2.24. The van der Waals surface area contributed by atoms with Crippen LogP contribution >= 0.6 is 0 Å². The van der Waals surface area contributed by atoms with Gasteiger partial charge in [0.2, 0.25) is 0 Å². The summed E-state index contributed by atoms with van der Waals surface area (Å²) >= 11 is 0. The maximum atomic E-state index is 11.1. The summed E-state index contributed by atoms with van der Waals surface area (Å²) in [4.78, 5) is 24.0. The van der Waals surface area contributed by atoms with Gasteiger partial charge in [0, 0.05) is 31.0 Å². The first-order valence-electron chi connectivity index (χ1n) is 5.60. The lowest BCUT2D eigenvalue weighted by atomic mass is 10.0. The van der Waals surface area contributed by atoms with Crippen LogP contribution in [-0.2, 0) is 9.59 Å². The molecule has 0 aromatic carbocycles. The fraction of sp³-hybridized carbons (Fsp3) is 0.833. The van der Waals surface area contributed by atoms with Crippen molar-refractivity contribution >= 4 is 12.1 Å². The third kappa shape index (κ3) is 5.07. The maximum absolute atomic E-state index is 11.1. The van der Waals surface area contributed by atoms with Crippen molar-refractivity contribution in [2.45, 2.75) is 65.6 Å². The van der Waals surface area contributed by atoms with E-state index in [1.165, 1.54) is 0 Å². The number of ketones is 1. The van der Waals surface area contributed by atoms with Gasteiger partial charge >= 0.3 is 0 Å². The minimum absolute atomic E-state index is 0.0556. The third-order valence-corrected chi connectivity index (χ3v) is 2.51. The Morgan fingerprint density at radius 1 is 1.20 bits per heavy atom. The zero-order valence-electron chi connectivity index (χ0n) is 10.5. The molecule has 0 N–H and O–H groups in total. The summed E-state index contributed by atoms with van der Waals surface area (Å²) in [7, 11) is 0. The van der Waals surface area contributed by atoms with Gasteiger partial charge in [-0.2, -0.15) is 0 Å². The number of Topliss-reactive ketones (excluding diaryl/α,β-unsaturated/α-hetero) is 1. The Bertz CT molecular complexity index is 204. The van der Waals surface area contributed by atoms with E-state index in [0.29, 0.717) is 24.9 Å². The minimum atomic E-state index is 0.0556. The second-order valence-electron chi connectivity index (χ2n) is 4.60. The summed E-state index contributed by atoms with van der Waals surface area (Å²) in [5.41, 5.74) is 0. The standard InChI is InChI=1S/C12H23NO2/c1-9(2)13(10(3)4)12(6-7-14)8-11(5)15/h7,9-10,12H,6,8H2,1-5H3. The fourth-order valence-corrected chi connectivity index (χ4v) is 2.19. The van der Waals surface area contributed by atoms with Gasteiger partial charge in [0.05, 0.1) is 0 Å². The van der Waals surface area contributed by atoms with Gasteiger partial charge in [0.1, 0.15) is 12.1 Å². The molecule has 0 aliphatic heterocycles. The molecule has 0 heterocycles. The molecule has 0 fully saturated rings. The number of rotatable bonds is 7. The average molecular weight is 213 g/mol. The highest BCUT2D eigenvalue weighted by atomic mass is 16.1. The summed E-state index contributed by atoms with van der Waals surface area (Å²) in [6.07, 6.45) is 1.82. The van der Waals surface area contributed by atoms with Crippen LogP contribution in [0.1, 0.15) is 47.5 Å². The van der Waals surface area contributed by atoms with Crippen molar-refractivity contribution in [3.05, 3.63) is 0 Å². The number of aldehydes is 1. The summed E-state index contributed by atoms with van der Waals surface area (Å²) in [5.74, 6) is 0.146. The summed E-state index contributed by atoms with van der Waals surface area (Å²) in [6.45, 7) is 9.96. The molecule has 0 radical (unpaired) electrons. The molecule has 15 heavy (non-hydrogen) atoms. The Morgan fingerprint density at radius 2 is 1.67 bits per heavy atom. The van der Waals surface area contributed by atoms with Crippen LogP contribution in [0.5, 0.6) is 0 Å². The van der Waals surface area contributed by atoms with E-state index in [0.717, 1.165) is 6.29 Å². The molecule has 0 aliphatic carbocycles. The van der Waals surface area contributed by atoms with E-state index < -0.39 is 0 Å². The average Bonchev–Trinajstić information content (AvgIpc) is 2.01. The van der Waals surface area contributed by atoms with Gasteiger partial charge in [-0.1, -0.05) is 0 Å². The Labute approximate surface area is 92.8 Å². The molecule has 0 amide bonds. The zero-order valence-corrected chi connectivity index (χ0v) is 10.5. The van der Waals surface area contributed by atoms with E-state index in [4.69, 9.17) is 0 Å². The largest absolute Gasteiger partial charge is 0.303 e. The Balaban J connectivity index is 4.66. The van der Waals surface area contributed by atoms with Crippen molar-refractivity contribution in [2.75, 3.05) is 0 Å². The number of nitrogens with zero attached hydrogens (tertiary/aromatic N) is 1. The normalized spacial score (nSPS) is 13.6. The van der Waals surface area contributed by atoms with Crippen molar-refractivity contribution in [2.24, 2.45) is 0 Å². The van der Waals surface area contributed by atoms with Gasteiger partial charge in [0.25, 0.3) is 0 Å². The first-order valence-corrected chi connectivity index (χ1v) is 5.60. The molecule has 1 unspecified atom stereocenters. The smallest absolute Gasteiger partial charge is 0.131 e. The molecule has 0 aliphatic rings. The number of carbonyl (C=O) groups excluding carboxylic acids is 2. The highest BCUT2D eigenvalue weighted by molar-refractivity contribution is 5.76. The Morgan fingerprint density at radius 3 is 1.93 bits per heavy atom. The van der Waals surface area contributed by atoms with Crippen LogP contribution in [0.15, 0.2) is 0 Å². The van der Waals surface area contributed by atoms with Crippen molar-refractivity contribution < 1.29 is 9.59 Å². The minimum Gasteiger partial charge on any atom is -0.303 e. The Hall–Kier alpha value is -0.700. The lowest BCUT2D eigenvalue weighted by molar-refractivity contribution is -0.119. The second kappa shape index (κ2) is 6.72. The summed E-state index contributed by atoms with van der Waals surface area (Å²) in [6, 6.07) is 0.767. The van der Waals surface area contributed by atoms with Crippen molar-refractivity contribution in [3.63, 3.8) is 0 Å². The quantitative estimate of drug-likeness (QED) is 0.607. The molecule has 0 spiro atoms. The molecule has 88 valence electrons. The molecule has 1 atom stereocenters. The third-order valence-electron chi connectivity index (χ3n) is 2.51. The number of hydrogen-bond donors (Lipinski definition) is 0. The molecule has 0 saturated carbocycles. The van der Waals surface area contributed by atoms with Crippen LogP contribution in [0.25, 0.3) is 0 Å². The summed E-state index contributed by atoms with van der Waals surface area (Å²) < 4.78 is 0. The van der Waals surface area contributed by atoms with Crippen LogP contribution < -0.4 is 0 Å². The first-order chi connectivity index (χ1) is 6.90. The molecule has 0 rings (SSSR count). The molecule has 0 aromatic rings. The number of carbonyl (C=O) groups is 2. The van der Waals surface area contributed by atoms with E-state index in [1.807, 2.05) is 0 Å². The molecule has 0 aromatic heterocycles. The molecule has 0 bridgehead atoms. The molecule has 0 saturated heterocycles. The lowest BCUT2D eigenvalue weighted by Crippen LogP contribution is -2.46. The van der Waals surface area contributed by atoms with E-state index in [-0.39, 0.29) is 11.8 Å². The van der Waals surface area contributed by atoms with Crippen molar-refractivity contribution in [1.29, 1.82) is 0 Å². The first kappa shape index (κ1) is 14.3. The fourth-order valence-electron chi connectivity index (χ4n) is 2.19. The van der Waals surface area contributed by atoms with Crippen LogP contribution in [0, 0.1) is 0 Å². The second-order valence-corrected chi connectivity index (χ2v) is 4.60. The van der Waals surface area contributed by atoms with Gasteiger partial charge in [-0.3, -0.25) is 9.69 Å². The maximum Gasteiger partial charge on any atom is 0.131 e. The molecular formula is C12H23NO2. The van der Waals surface area contributed by atoms with E-state index in [2.05, 4.69) is 32.6 Å². The zero-order chi connectivity index (χ0) is 12.0. The van der Waals surface area contributed by atoms with Crippen LogP contribution in [-0.4, -0.2) is 35.1 Å². The molecule has 3 nitrogen and oxygen atoms in total. The van der Waals surface area contributed by atoms with Gasteiger partial charge in [0.15, 0.2) is 0 Å². The SMILES string of the molecule is CC(=O)CC(CC=O)N(C(C)C)C(C)C. The monoisotopic (exact) mass is 213 g/mol. The van der Waals surface area contributed by atoms with Gasteiger partial charge in [-0.15, -0.1) is 0 Å². The van der Waals surface area contributed by atoms with Crippen molar-refractivity contribution in [3.8, 4) is 0 Å². The number of hydrogen-bond acceptors (Lipinski definition) is 3. The van der Waals surface area contributed by atoms with Crippen molar-refractivity contribution in [1.82, 2.24) is 4.90 Å². The topological polar surface area (TPSA) is 37.4 Å². The summed E-state index contributed by atoms with van der Waals surface area (Å²) in [5, 5.41) is 0. The van der Waals surface area contributed by atoms with Crippen LogP contribution in [0.3, 0.4) is 0 Å². The lowest BCUT2D eigenvalue weighted by Gasteiger charge is -2.37.